The van der Waals surface area contributed by atoms with Crippen LogP contribution >= 0.6 is 0 Å². The number of nitrogens with one attached hydrogen (secondary N) is 1. The first-order chi connectivity index (χ1) is 11.9. The molecule has 0 amide bonds. The Morgan fingerprint density at radius 1 is 1.08 bits per heavy atom. The normalized spacial score (nSPS) is 11.2. The lowest BCUT2D eigenvalue weighted by molar-refractivity contribution is 0.288. The van der Waals surface area contributed by atoms with Crippen LogP contribution in [0.3, 0.4) is 0 Å². The van der Waals surface area contributed by atoms with Gasteiger partial charge in [-0.3, -0.25) is 0 Å². The van der Waals surface area contributed by atoms with Gasteiger partial charge in [-0.1, -0.05) is 12.1 Å². The van der Waals surface area contributed by atoms with Crippen molar-refractivity contribution >= 4 is 10.0 Å². The predicted octanol–water partition coefficient (Wildman–Crippen LogP) is 2.72. The van der Waals surface area contributed by atoms with E-state index < -0.39 is 20.7 Å². The summed E-state index contributed by atoms with van der Waals surface area (Å²) in [5.41, 5.74) is 0.581. The Bertz CT molecular complexity index is 814. The Kier molecular flexibility index (Phi) is 6.22. The van der Waals surface area contributed by atoms with E-state index >= 15 is 0 Å². The SMILES string of the molecule is CCOc1c(OC)cc(CNS(=O)(=O)c2ccccc2F)cc1OC. The van der Waals surface area contributed by atoms with Crippen LogP contribution in [0, 0.1) is 5.82 Å². The zero-order valence-corrected chi connectivity index (χ0v) is 15.0. The molecular weight excluding hydrogens is 349 g/mol. The molecule has 0 heterocycles. The molecule has 0 aromatic heterocycles. The summed E-state index contributed by atoms with van der Waals surface area (Å²) in [6.45, 7) is 2.19. The maximum Gasteiger partial charge on any atom is 0.243 e. The molecule has 0 radical (unpaired) electrons. The minimum absolute atomic E-state index is 0.0597. The van der Waals surface area contributed by atoms with E-state index in [4.69, 9.17) is 14.2 Å². The molecule has 8 heteroatoms. The Balaban J connectivity index is 2.27. The van der Waals surface area contributed by atoms with Crippen LogP contribution in [0.4, 0.5) is 4.39 Å². The van der Waals surface area contributed by atoms with Crippen LogP contribution in [0.15, 0.2) is 41.3 Å². The number of ether oxygens (including phenoxy) is 3. The van der Waals surface area contributed by atoms with Crippen molar-refractivity contribution in [2.75, 3.05) is 20.8 Å². The van der Waals surface area contributed by atoms with E-state index in [1.807, 2.05) is 6.92 Å². The fraction of sp³-hybridized carbons (Fsp3) is 0.294. The number of hydrogen-bond acceptors (Lipinski definition) is 5. The maximum absolute atomic E-state index is 13.7. The summed E-state index contributed by atoms with van der Waals surface area (Å²) in [5.74, 6) is 0.465. The van der Waals surface area contributed by atoms with Crippen LogP contribution in [0.5, 0.6) is 17.2 Å². The second kappa shape index (κ2) is 8.17. The molecule has 2 rings (SSSR count). The number of benzene rings is 2. The van der Waals surface area contributed by atoms with Gasteiger partial charge in [0.05, 0.1) is 20.8 Å². The monoisotopic (exact) mass is 369 g/mol. The van der Waals surface area contributed by atoms with Crippen molar-refractivity contribution in [1.82, 2.24) is 4.72 Å². The van der Waals surface area contributed by atoms with Crippen molar-refractivity contribution in [2.24, 2.45) is 0 Å². The first-order valence-corrected chi connectivity index (χ1v) is 9.03. The van der Waals surface area contributed by atoms with E-state index in [1.54, 1.807) is 12.1 Å². The predicted molar refractivity (Wildman–Crippen MR) is 91.1 cm³/mol. The molecule has 0 unspecified atom stereocenters. The van der Waals surface area contributed by atoms with Gasteiger partial charge in [-0.2, -0.15) is 0 Å². The van der Waals surface area contributed by atoms with Crippen LogP contribution in [-0.4, -0.2) is 29.2 Å². The molecule has 0 fully saturated rings. The van der Waals surface area contributed by atoms with Crippen LogP contribution in [0.2, 0.25) is 0 Å². The van der Waals surface area contributed by atoms with E-state index in [-0.39, 0.29) is 6.54 Å². The smallest absolute Gasteiger partial charge is 0.243 e. The summed E-state index contributed by atoms with van der Waals surface area (Å²) in [6, 6.07) is 8.46. The van der Waals surface area contributed by atoms with Gasteiger partial charge in [0.25, 0.3) is 0 Å². The number of rotatable bonds is 8. The maximum atomic E-state index is 13.7. The van der Waals surface area contributed by atoms with Gasteiger partial charge in [0.2, 0.25) is 15.8 Å². The Morgan fingerprint density at radius 3 is 2.20 bits per heavy atom. The van der Waals surface area contributed by atoms with Crippen LogP contribution in [-0.2, 0) is 16.6 Å². The second-order valence-electron chi connectivity index (χ2n) is 5.02. The van der Waals surface area contributed by atoms with E-state index in [9.17, 15) is 12.8 Å². The third-order valence-corrected chi connectivity index (χ3v) is 4.84. The molecule has 0 saturated carbocycles. The number of methoxy groups -OCH3 is 2. The molecule has 25 heavy (non-hydrogen) atoms. The van der Waals surface area contributed by atoms with E-state index in [0.29, 0.717) is 29.4 Å². The minimum Gasteiger partial charge on any atom is -0.493 e. The molecule has 2 aromatic carbocycles. The topological polar surface area (TPSA) is 73.9 Å². The van der Waals surface area contributed by atoms with Crippen LogP contribution < -0.4 is 18.9 Å². The van der Waals surface area contributed by atoms with Crippen LogP contribution in [0.1, 0.15) is 12.5 Å². The van der Waals surface area contributed by atoms with Crippen LogP contribution in [0.25, 0.3) is 0 Å². The van der Waals surface area contributed by atoms with Gasteiger partial charge >= 0.3 is 0 Å². The van der Waals surface area contributed by atoms with E-state index in [2.05, 4.69) is 4.72 Å². The van der Waals surface area contributed by atoms with Gasteiger partial charge in [-0.25, -0.2) is 17.5 Å². The molecule has 0 aliphatic heterocycles. The fourth-order valence-electron chi connectivity index (χ4n) is 2.24. The molecule has 0 aliphatic carbocycles. The van der Waals surface area contributed by atoms with Gasteiger partial charge in [-0.05, 0) is 36.8 Å². The lowest BCUT2D eigenvalue weighted by Gasteiger charge is -2.15. The van der Waals surface area contributed by atoms with Gasteiger partial charge in [0, 0.05) is 6.54 Å². The third-order valence-electron chi connectivity index (χ3n) is 3.40. The average Bonchev–Trinajstić information content (AvgIpc) is 2.61. The second-order valence-corrected chi connectivity index (χ2v) is 6.75. The average molecular weight is 369 g/mol. The molecule has 0 saturated heterocycles. The fourth-order valence-corrected chi connectivity index (χ4v) is 3.34. The molecule has 0 bridgehead atoms. The molecule has 0 atom stereocenters. The molecule has 0 spiro atoms. The van der Waals surface area contributed by atoms with Crippen molar-refractivity contribution in [3.63, 3.8) is 0 Å². The zero-order chi connectivity index (χ0) is 18.4. The largest absolute Gasteiger partial charge is 0.493 e. The van der Waals surface area contributed by atoms with Gasteiger partial charge in [0.15, 0.2) is 11.5 Å². The molecule has 6 nitrogen and oxygen atoms in total. The first kappa shape index (κ1) is 19.0. The first-order valence-electron chi connectivity index (χ1n) is 7.54. The van der Waals surface area contributed by atoms with Crippen molar-refractivity contribution in [1.29, 1.82) is 0 Å². The van der Waals surface area contributed by atoms with Gasteiger partial charge in [0.1, 0.15) is 10.7 Å². The highest BCUT2D eigenvalue weighted by molar-refractivity contribution is 7.89. The Hall–Kier alpha value is -2.32. The molecule has 2 aromatic rings. The van der Waals surface area contributed by atoms with E-state index in [1.165, 1.54) is 32.4 Å². The standard InChI is InChI=1S/C17H20FNO5S/c1-4-24-17-14(22-2)9-12(10-15(17)23-3)11-19-25(20,21)16-8-6-5-7-13(16)18/h5-10,19H,4,11H2,1-3H3. The van der Waals surface area contributed by atoms with Gasteiger partial charge < -0.3 is 14.2 Å². The minimum atomic E-state index is -3.99. The third kappa shape index (κ3) is 4.40. The molecule has 1 N–H and O–H groups in total. The summed E-state index contributed by atoms with van der Waals surface area (Å²) >= 11 is 0. The highest BCUT2D eigenvalue weighted by atomic mass is 32.2. The van der Waals surface area contributed by atoms with Gasteiger partial charge in [-0.15, -0.1) is 0 Å². The summed E-state index contributed by atoms with van der Waals surface area (Å²) in [5, 5.41) is 0. The highest BCUT2D eigenvalue weighted by Gasteiger charge is 2.19. The number of hydrogen-bond donors (Lipinski definition) is 1. The van der Waals surface area contributed by atoms with Crippen molar-refractivity contribution in [2.45, 2.75) is 18.4 Å². The summed E-state index contributed by atoms with van der Waals surface area (Å²) in [7, 11) is -1.03. The summed E-state index contributed by atoms with van der Waals surface area (Å²) in [4.78, 5) is -0.403. The Morgan fingerprint density at radius 2 is 1.68 bits per heavy atom. The van der Waals surface area contributed by atoms with Crippen molar-refractivity contribution in [3.05, 3.63) is 47.8 Å². The number of halogens is 1. The highest BCUT2D eigenvalue weighted by Crippen LogP contribution is 2.38. The van der Waals surface area contributed by atoms with Crippen molar-refractivity contribution < 1.29 is 27.0 Å². The Labute approximate surface area is 146 Å². The summed E-state index contributed by atoms with van der Waals surface area (Å²) < 4.78 is 56.7. The number of sulfonamides is 1. The zero-order valence-electron chi connectivity index (χ0n) is 14.2. The van der Waals surface area contributed by atoms with Crippen molar-refractivity contribution in [3.8, 4) is 17.2 Å². The molecule has 0 aliphatic rings. The van der Waals surface area contributed by atoms with E-state index in [0.717, 1.165) is 6.07 Å². The molecule has 136 valence electrons. The molecular formula is C17H20FNO5S. The lowest BCUT2D eigenvalue weighted by atomic mass is 10.2. The summed E-state index contributed by atoms with van der Waals surface area (Å²) in [6.07, 6.45) is 0. The lowest BCUT2D eigenvalue weighted by Crippen LogP contribution is -2.24. The quantitative estimate of drug-likeness (QED) is 0.774.